The summed E-state index contributed by atoms with van der Waals surface area (Å²) in [4.78, 5) is 27.5. The van der Waals surface area contributed by atoms with Crippen molar-refractivity contribution in [3.05, 3.63) is 52.0 Å². The topological polar surface area (TPSA) is 65.1 Å². The summed E-state index contributed by atoms with van der Waals surface area (Å²) in [6.07, 6.45) is 2.66. The number of carbonyl (C=O) groups is 2. The molecule has 2 aromatic carbocycles. The summed E-state index contributed by atoms with van der Waals surface area (Å²) in [5.41, 5.74) is 1.94. The summed E-state index contributed by atoms with van der Waals surface area (Å²) < 4.78 is 17.3. The molecule has 1 spiro atoms. The number of nitrogens with zero attached hydrogens (tertiary/aromatic N) is 1. The fraction of sp³-hybridized carbons (Fsp3) is 0.462. The lowest BCUT2D eigenvalue weighted by Gasteiger charge is -2.44. The number of aryl methyl sites for hydroxylation is 2. The van der Waals surface area contributed by atoms with Crippen LogP contribution in [0.1, 0.15) is 54.1 Å². The van der Waals surface area contributed by atoms with Gasteiger partial charge in [0.15, 0.2) is 17.3 Å². The van der Waals surface area contributed by atoms with E-state index in [1.807, 2.05) is 43.0 Å². The second kappa shape index (κ2) is 9.64. The number of rotatable bonds is 6. The smallest absolute Gasteiger partial charge is 0.222 e. The number of fused-ring (bicyclic) bond motifs is 1. The Hall–Kier alpha value is -2.73. The molecule has 0 aromatic heterocycles. The van der Waals surface area contributed by atoms with E-state index in [0.717, 1.165) is 11.1 Å². The molecule has 1 fully saturated rings. The molecule has 0 saturated carbocycles. The van der Waals surface area contributed by atoms with Crippen LogP contribution in [0.4, 0.5) is 0 Å². The second-order valence-electron chi connectivity index (χ2n) is 8.78. The van der Waals surface area contributed by atoms with Crippen LogP contribution >= 0.6 is 11.6 Å². The SMILES string of the molecule is CCOc1ccc(CCC(=O)N2CCC3(CC2)CC(=O)c2cc(Cl)c(C)cc2O3)cc1OC. The lowest BCUT2D eigenvalue weighted by Crippen LogP contribution is -2.52. The molecule has 0 aliphatic carbocycles. The number of amides is 1. The Morgan fingerprint density at radius 1 is 1.18 bits per heavy atom. The highest BCUT2D eigenvalue weighted by atomic mass is 35.5. The van der Waals surface area contributed by atoms with Crippen molar-refractivity contribution >= 4 is 23.3 Å². The van der Waals surface area contributed by atoms with Gasteiger partial charge in [0, 0.05) is 37.4 Å². The van der Waals surface area contributed by atoms with Crippen LogP contribution in [0.3, 0.4) is 0 Å². The van der Waals surface area contributed by atoms with E-state index in [1.54, 1.807) is 13.2 Å². The van der Waals surface area contributed by atoms with Gasteiger partial charge in [-0.3, -0.25) is 9.59 Å². The summed E-state index contributed by atoms with van der Waals surface area (Å²) in [6, 6.07) is 9.34. The van der Waals surface area contributed by atoms with Crippen molar-refractivity contribution in [1.29, 1.82) is 0 Å². The summed E-state index contributed by atoms with van der Waals surface area (Å²) in [7, 11) is 1.61. The molecule has 1 amide bonds. The molecular formula is C26H30ClNO5. The quantitative estimate of drug-likeness (QED) is 0.592. The van der Waals surface area contributed by atoms with Crippen LogP contribution in [-0.4, -0.2) is 49.0 Å². The number of halogens is 1. The van der Waals surface area contributed by atoms with E-state index in [1.165, 1.54) is 0 Å². The summed E-state index contributed by atoms with van der Waals surface area (Å²) in [5, 5.41) is 0.576. The maximum Gasteiger partial charge on any atom is 0.222 e. The Bertz CT molecular complexity index is 1060. The number of Topliss-reactive ketones (excluding diaryl/α,β-unsaturated/α-hetero) is 1. The molecule has 0 bridgehead atoms. The number of likely N-dealkylation sites (tertiary alicyclic amines) is 1. The molecule has 2 aromatic rings. The molecule has 0 radical (unpaired) electrons. The van der Waals surface area contributed by atoms with Gasteiger partial charge < -0.3 is 19.1 Å². The maximum atomic E-state index is 12.9. The molecule has 2 aliphatic rings. The number of piperidine rings is 1. The van der Waals surface area contributed by atoms with Crippen LogP contribution in [-0.2, 0) is 11.2 Å². The van der Waals surface area contributed by atoms with Gasteiger partial charge in [-0.2, -0.15) is 0 Å². The highest BCUT2D eigenvalue weighted by molar-refractivity contribution is 6.31. The van der Waals surface area contributed by atoms with E-state index >= 15 is 0 Å². The van der Waals surface area contributed by atoms with E-state index in [-0.39, 0.29) is 11.7 Å². The van der Waals surface area contributed by atoms with E-state index < -0.39 is 5.60 Å². The molecule has 2 heterocycles. The van der Waals surface area contributed by atoms with E-state index in [0.29, 0.717) is 79.6 Å². The number of methoxy groups -OCH3 is 1. The van der Waals surface area contributed by atoms with Crippen LogP contribution in [0.5, 0.6) is 17.2 Å². The van der Waals surface area contributed by atoms with Gasteiger partial charge in [-0.25, -0.2) is 0 Å². The average molecular weight is 472 g/mol. The van der Waals surface area contributed by atoms with Crippen LogP contribution < -0.4 is 14.2 Å². The van der Waals surface area contributed by atoms with E-state index in [9.17, 15) is 9.59 Å². The summed E-state index contributed by atoms with van der Waals surface area (Å²) >= 11 is 6.19. The van der Waals surface area contributed by atoms with Gasteiger partial charge >= 0.3 is 0 Å². The molecule has 2 aliphatic heterocycles. The van der Waals surface area contributed by atoms with Gasteiger partial charge in [0.1, 0.15) is 11.4 Å². The minimum atomic E-state index is -0.538. The van der Waals surface area contributed by atoms with Crippen molar-refractivity contribution in [3.63, 3.8) is 0 Å². The van der Waals surface area contributed by atoms with Crippen molar-refractivity contribution in [2.45, 2.75) is 51.6 Å². The lowest BCUT2D eigenvalue weighted by molar-refractivity contribution is -0.134. The Morgan fingerprint density at radius 2 is 1.94 bits per heavy atom. The minimum Gasteiger partial charge on any atom is -0.493 e. The number of ether oxygens (including phenoxy) is 3. The number of ketones is 1. The summed E-state index contributed by atoms with van der Waals surface area (Å²) in [6.45, 7) is 5.57. The van der Waals surface area contributed by atoms with Crippen molar-refractivity contribution in [2.24, 2.45) is 0 Å². The van der Waals surface area contributed by atoms with Crippen LogP contribution in [0.15, 0.2) is 30.3 Å². The number of hydrogen-bond acceptors (Lipinski definition) is 5. The highest BCUT2D eigenvalue weighted by Crippen LogP contribution is 2.41. The van der Waals surface area contributed by atoms with Crippen molar-refractivity contribution in [3.8, 4) is 17.2 Å². The number of benzene rings is 2. The van der Waals surface area contributed by atoms with Crippen molar-refractivity contribution < 1.29 is 23.8 Å². The first-order valence-corrected chi connectivity index (χ1v) is 11.8. The Balaban J connectivity index is 1.35. The predicted molar refractivity (Wildman–Crippen MR) is 127 cm³/mol. The highest BCUT2D eigenvalue weighted by Gasteiger charge is 2.43. The zero-order valence-electron chi connectivity index (χ0n) is 19.4. The third kappa shape index (κ3) is 4.96. The van der Waals surface area contributed by atoms with Crippen molar-refractivity contribution in [2.75, 3.05) is 26.8 Å². The monoisotopic (exact) mass is 471 g/mol. The molecular weight excluding hydrogens is 442 g/mol. The Labute approximate surface area is 199 Å². The van der Waals surface area contributed by atoms with Gasteiger partial charge in [-0.05, 0) is 55.7 Å². The molecule has 4 rings (SSSR count). The first kappa shape index (κ1) is 23.4. The van der Waals surface area contributed by atoms with Crippen LogP contribution in [0.2, 0.25) is 5.02 Å². The Kier molecular flexibility index (Phi) is 6.84. The summed E-state index contributed by atoms with van der Waals surface area (Å²) in [5.74, 6) is 2.16. The maximum absolute atomic E-state index is 12.9. The number of carbonyl (C=O) groups excluding carboxylic acids is 2. The third-order valence-corrected chi connectivity index (χ3v) is 6.96. The van der Waals surface area contributed by atoms with E-state index in [2.05, 4.69) is 0 Å². The standard InChI is InChI=1S/C26H30ClNO5/c1-4-32-22-7-5-18(14-24(22)31-3)6-8-25(30)28-11-9-26(10-12-28)16-21(29)19-15-20(27)17(2)13-23(19)33-26/h5,7,13-15H,4,6,8-12,16H2,1-3H3. The van der Waals surface area contributed by atoms with Gasteiger partial charge in [-0.1, -0.05) is 17.7 Å². The lowest BCUT2D eigenvalue weighted by atomic mass is 9.82. The molecule has 0 unspecified atom stereocenters. The van der Waals surface area contributed by atoms with Crippen LogP contribution in [0.25, 0.3) is 0 Å². The third-order valence-electron chi connectivity index (χ3n) is 6.55. The Morgan fingerprint density at radius 3 is 2.64 bits per heavy atom. The number of hydrogen-bond donors (Lipinski definition) is 0. The zero-order valence-corrected chi connectivity index (χ0v) is 20.2. The molecule has 33 heavy (non-hydrogen) atoms. The van der Waals surface area contributed by atoms with Crippen LogP contribution in [0, 0.1) is 6.92 Å². The molecule has 6 nitrogen and oxygen atoms in total. The molecule has 0 atom stereocenters. The normalized spacial score (nSPS) is 16.8. The fourth-order valence-corrected chi connectivity index (χ4v) is 4.77. The molecule has 0 N–H and O–H groups in total. The van der Waals surface area contributed by atoms with Gasteiger partial charge in [0.25, 0.3) is 0 Å². The van der Waals surface area contributed by atoms with Gasteiger partial charge in [0.2, 0.25) is 5.91 Å². The fourth-order valence-electron chi connectivity index (χ4n) is 4.61. The van der Waals surface area contributed by atoms with Gasteiger partial charge in [0.05, 0.1) is 25.7 Å². The molecule has 7 heteroatoms. The molecule has 1 saturated heterocycles. The zero-order chi connectivity index (χ0) is 23.6. The first-order chi connectivity index (χ1) is 15.8. The van der Waals surface area contributed by atoms with E-state index in [4.69, 9.17) is 25.8 Å². The second-order valence-corrected chi connectivity index (χ2v) is 9.19. The average Bonchev–Trinajstić information content (AvgIpc) is 2.80. The van der Waals surface area contributed by atoms with Gasteiger partial charge in [-0.15, -0.1) is 0 Å². The minimum absolute atomic E-state index is 0.0578. The largest absolute Gasteiger partial charge is 0.493 e. The van der Waals surface area contributed by atoms with Crippen molar-refractivity contribution in [1.82, 2.24) is 4.90 Å². The first-order valence-electron chi connectivity index (χ1n) is 11.4. The predicted octanol–water partition coefficient (Wildman–Crippen LogP) is 5.01. The molecule has 176 valence electrons.